The van der Waals surface area contributed by atoms with E-state index in [0.717, 1.165) is 12.8 Å². The van der Waals surface area contributed by atoms with E-state index in [1.165, 1.54) is 31.2 Å². The second-order valence-electron chi connectivity index (χ2n) is 7.60. The molecule has 0 saturated heterocycles. The minimum Gasteiger partial charge on any atom is -0.392 e. The van der Waals surface area contributed by atoms with Crippen LogP contribution in [0.5, 0.6) is 0 Å². The first-order valence-corrected chi connectivity index (χ1v) is 9.34. The van der Waals surface area contributed by atoms with Crippen LogP contribution < -0.4 is 5.32 Å². The first-order valence-electron chi connectivity index (χ1n) is 9.34. The second-order valence-corrected chi connectivity index (χ2v) is 7.60. The quantitative estimate of drug-likeness (QED) is 0.770. The number of nitrogens with one attached hydrogen (secondary N) is 1. The van der Waals surface area contributed by atoms with Crippen LogP contribution in [0.1, 0.15) is 50.1 Å². The number of carbonyl (C=O) groups excluding carboxylic acids is 1. The maximum absolute atomic E-state index is 12.5. The second kappa shape index (κ2) is 8.13. The van der Waals surface area contributed by atoms with Gasteiger partial charge in [0.2, 0.25) is 5.91 Å². The highest BCUT2D eigenvalue weighted by Gasteiger charge is 2.31. The lowest BCUT2D eigenvalue weighted by Gasteiger charge is -2.27. The molecular formula is C20H30N2O2. The number of aliphatic hydroxyl groups is 1. The van der Waals surface area contributed by atoms with E-state index in [0.29, 0.717) is 24.9 Å². The number of hydrogen-bond acceptors (Lipinski definition) is 3. The minimum absolute atomic E-state index is 0.0567. The van der Waals surface area contributed by atoms with Crippen molar-refractivity contribution in [2.45, 2.75) is 50.7 Å². The maximum atomic E-state index is 12.5. The molecule has 0 radical (unpaired) electrons. The van der Waals surface area contributed by atoms with E-state index in [2.05, 4.69) is 17.4 Å². The highest BCUT2D eigenvalue weighted by atomic mass is 16.3. The molecule has 0 spiro atoms. The Balaban J connectivity index is 1.56. The van der Waals surface area contributed by atoms with Crippen molar-refractivity contribution in [3.05, 3.63) is 35.9 Å². The van der Waals surface area contributed by atoms with Crippen LogP contribution in [0.25, 0.3) is 0 Å². The standard InChI is InChI=1S/C20H30N2O2/c1-22(13-18(23)15-11-12-15)14-19(24)21-20(17-9-5-6-10-17)16-7-3-2-4-8-16/h2-4,7-8,15,17-18,20,23H,5-6,9-14H2,1H3,(H,21,24). The molecular weight excluding hydrogens is 300 g/mol. The maximum Gasteiger partial charge on any atom is 0.234 e. The summed E-state index contributed by atoms with van der Waals surface area (Å²) in [7, 11) is 1.91. The summed E-state index contributed by atoms with van der Waals surface area (Å²) in [6.07, 6.45) is 6.86. The lowest BCUT2D eigenvalue weighted by Crippen LogP contribution is -2.41. The third-order valence-corrected chi connectivity index (χ3v) is 5.42. The van der Waals surface area contributed by atoms with Gasteiger partial charge in [-0.2, -0.15) is 0 Å². The average Bonchev–Trinajstić information content (AvgIpc) is 3.29. The largest absolute Gasteiger partial charge is 0.392 e. The van der Waals surface area contributed by atoms with Crippen LogP contribution in [0.4, 0.5) is 0 Å². The fourth-order valence-corrected chi connectivity index (χ4v) is 3.90. The minimum atomic E-state index is -0.289. The van der Waals surface area contributed by atoms with E-state index in [4.69, 9.17) is 0 Å². The highest BCUT2D eigenvalue weighted by molar-refractivity contribution is 5.78. The van der Waals surface area contributed by atoms with Gasteiger partial charge in [-0.3, -0.25) is 9.69 Å². The Morgan fingerprint density at radius 3 is 2.46 bits per heavy atom. The number of likely N-dealkylation sites (N-methyl/N-ethyl adjacent to an activating group) is 1. The molecule has 0 aromatic heterocycles. The Hall–Kier alpha value is -1.39. The molecule has 2 saturated carbocycles. The fourth-order valence-electron chi connectivity index (χ4n) is 3.90. The van der Waals surface area contributed by atoms with Crippen molar-refractivity contribution in [3.63, 3.8) is 0 Å². The predicted octanol–water partition coefficient (Wildman–Crippen LogP) is 2.74. The van der Waals surface area contributed by atoms with E-state index in [-0.39, 0.29) is 18.1 Å². The summed E-state index contributed by atoms with van der Waals surface area (Å²) in [5.74, 6) is 1.05. The molecule has 2 atom stereocenters. The van der Waals surface area contributed by atoms with Crippen LogP contribution in [-0.2, 0) is 4.79 Å². The summed E-state index contributed by atoms with van der Waals surface area (Å²) < 4.78 is 0. The average molecular weight is 330 g/mol. The zero-order valence-electron chi connectivity index (χ0n) is 14.7. The van der Waals surface area contributed by atoms with Gasteiger partial charge in [-0.25, -0.2) is 0 Å². The molecule has 2 fully saturated rings. The van der Waals surface area contributed by atoms with Crippen molar-refractivity contribution in [1.82, 2.24) is 10.2 Å². The Morgan fingerprint density at radius 1 is 1.17 bits per heavy atom. The number of carbonyl (C=O) groups is 1. The lowest BCUT2D eigenvalue weighted by atomic mass is 9.91. The summed E-state index contributed by atoms with van der Waals surface area (Å²) in [5, 5.41) is 13.3. The van der Waals surface area contributed by atoms with E-state index in [1.54, 1.807) is 0 Å². The molecule has 3 rings (SSSR count). The van der Waals surface area contributed by atoms with Crippen LogP contribution in [0.2, 0.25) is 0 Å². The van der Waals surface area contributed by atoms with Crippen molar-refractivity contribution >= 4 is 5.91 Å². The molecule has 2 aliphatic rings. The summed E-state index contributed by atoms with van der Waals surface area (Å²) in [6, 6.07) is 10.4. The van der Waals surface area contributed by atoms with E-state index in [9.17, 15) is 9.90 Å². The molecule has 2 aliphatic carbocycles. The molecule has 132 valence electrons. The zero-order valence-corrected chi connectivity index (χ0v) is 14.7. The van der Waals surface area contributed by atoms with Crippen LogP contribution in [0.3, 0.4) is 0 Å². The summed E-state index contributed by atoms with van der Waals surface area (Å²) in [6.45, 7) is 0.928. The molecule has 4 heteroatoms. The first-order chi connectivity index (χ1) is 11.6. The molecule has 1 aromatic carbocycles. The van der Waals surface area contributed by atoms with Crippen molar-refractivity contribution in [3.8, 4) is 0 Å². The molecule has 0 heterocycles. The van der Waals surface area contributed by atoms with Crippen molar-refractivity contribution in [1.29, 1.82) is 0 Å². The van der Waals surface area contributed by atoms with Gasteiger partial charge in [-0.05, 0) is 50.1 Å². The van der Waals surface area contributed by atoms with Crippen LogP contribution in [0, 0.1) is 11.8 Å². The third kappa shape index (κ3) is 4.81. The van der Waals surface area contributed by atoms with Gasteiger partial charge in [0.1, 0.15) is 0 Å². The molecule has 1 aromatic rings. The van der Waals surface area contributed by atoms with Gasteiger partial charge >= 0.3 is 0 Å². The van der Waals surface area contributed by atoms with Gasteiger partial charge in [-0.15, -0.1) is 0 Å². The van der Waals surface area contributed by atoms with Crippen LogP contribution in [0.15, 0.2) is 30.3 Å². The number of nitrogens with zero attached hydrogens (tertiary/aromatic N) is 1. The molecule has 4 nitrogen and oxygen atoms in total. The molecule has 2 N–H and O–H groups in total. The molecule has 24 heavy (non-hydrogen) atoms. The molecule has 1 amide bonds. The number of hydrogen-bond donors (Lipinski definition) is 2. The van der Waals surface area contributed by atoms with Crippen molar-refractivity contribution in [2.75, 3.05) is 20.1 Å². The molecule has 2 unspecified atom stereocenters. The van der Waals surface area contributed by atoms with Gasteiger partial charge in [0.25, 0.3) is 0 Å². The topological polar surface area (TPSA) is 52.6 Å². The Bertz CT molecular complexity index is 524. The van der Waals surface area contributed by atoms with Gasteiger partial charge < -0.3 is 10.4 Å². The normalized spacial score (nSPS) is 21.0. The highest BCUT2D eigenvalue weighted by Crippen LogP contribution is 2.35. The number of amides is 1. The molecule has 0 aliphatic heterocycles. The Kier molecular flexibility index (Phi) is 5.90. The molecule has 0 bridgehead atoms. The monoisotopic (exact) mass is 330 g/mol. The Morgan fingerprint density at radius 2 is 1.83 bits per heavy atom. The van der Waals surface area contributed by atoms with Gasteiger partial charge in [-0.1, -0.05) is 43.2 Å². The smallest absolute Gasteiger partial charge is 0.234 e. The van der Waals surface area contributed by atoms with Crippen molar-refractivity contribution < 1.29 is 9.90 Å². The summed E-state index contributed by atoms with van der Waals surface area (Å²) in [4.78, 5) is 14.5. The number of benzene rings is 1. The van der Waals surface area contributed by atoms with Gasteiger partial charge in [0.15, 0.2) is 0 Å². The van der Waals surface area contributed by atoms with Crippen molar-refractivity contribution in [2.24, 2.45) is 11.8 Å². The first kappa shape index (κ1) is 17.4. The van der Waals surface area contributed by atoms with Gasteiger partial charge in [0, 0.05) is 6.54 Å². The zero-order chi connectivity index (χ0) is 16.9. The number of rotatable bonds is 8. The lowest BCUT2D eigenvalue weighted by molar-refractivity contribution is -0.123. The van der Waals surface area contributed by atoms with E-state index < -0.39 is 0 Å². The van der Waals surface area contributed by atoms with E-state index in [1.807, 2.05) is 30.1 Å². The Labute approximate surface area is 145 Å². The SMILES string of the molecule is CN(CC(=O)NC(c1ccccc1)C1CCCC1)CC(O)C1CC1. The van der Waals surface area contributed by atoms with Gasteiger partial charge in [0.05, 0.1) is 18.7 Å². The van der Waals surface area contributed by atoms with E-state index >= 15 is 0 Å². The third-order valence-electron chi connectivity index (χ3n) is 5.42. The predicted molar refractivity (Wildman–Crippen MR) is 95.5 cm³/mol. The van der Waals surface area contributed by atoms with Crippen LogP contribution >= 0.6 is 0 Å². The summed E-state index contributed by atoms with van der Waals surface area (Å²) >= 11 is 0. The van der Waals surface area contributed by atoms with Crippen LogP contribution in [-0.4, -0.2) is 42.2 Å². The fraction of sp³-hybridized carbons (Fsp3) is 0.650. The number of aliphatic hydroxyl groups excluding tert-OH is 1. The summed E-state index contributed by atoms with van der Waals surface area (Å²) in [5.41, 5.74) is 1.21.